The summed E-state index contributed by atoms with van der Waals surface area (Å²) in [5.41, 5.74) is -0.221. The molecule has 0 radical (unpaired) electrons. The number of aromatic hydroxyl groups is 1. The van der Waals surface area contributed by atoms with Crippen molar-refractivity contribution in [3.8, 4) is 17.0 Å². The normalized spacial score (nSPS) is 19.6. The highest BCUT2D eigenvalue weighted by Gasteiger charge is 2.31. The number of carbonyl (C=O) groups is 1. The predicted molar refractivity (Wildman–Crippen MR) is 100 cm³/mol. The van der Waals surface area contributed by atoms with Crippen LogP contribution in [-0.2, 0) is 11.0 Å². The van der Waals surface area contributed by atoms with Gasteiger partial charge in [-0.3, -0.25) is 4.79 Å². The number of aromatic nitrogens is 3. The molecule has 1 amide bonds. The molecule has 0 bridgehead atoms. The lowest BCUT2D eigenvalue weighted by Crippen LogP contribution is -2.48. The van der Waals surface area contributed by atoms with Crippen molar-refractivity contribution in [2.75, 3.05) is 5.32 Å². The van der Waals surface area contributed by atoms with Crippen molar-refractivity contribution in [2.24, 2.45) is 0 Å². The van der Waals surface area contributed by atoms with Gasteiger partial charge in [0.25, 0.3) is 0 Å². The summed E-state index contributed by atoms with van der Waals surface area (Å²) in [6, 6.07) is 2.60. The van der Waals surface area contributed by atoms with E-state index in [1.807, 2.05) is 0 Å². The van der Waals surface area contributed by atoms with Gasteiger partial charge in [0, 0.05) is 24.6 Å². The minimum absolute atomic E-state index is 0.0382. The van der Waals surface area contributed by atoms with Crippen LogP contribution >= 0.6 is 0 Å². The van der Waals surface area contributed by atoms with E-state index in [9.17, 15) is 23.1 Å². The van der Waals surface area contributed by atoms with Crippen LogP contribution < -0.4 is 10.6 Å². The Kier molecular flexibility index (Phi) is 5.90. The summed E-state index contributed by atoms with van der Waals surface area (Å²) in [6.45, 7) is 3.11. The fourth-order valence-corrected chi connectivity index (χ4v) is 3.53. The van der Waals surface area contributed by atoms with Crippen molar-refractivity contribution >= 4 is 11.9 Å². The molecule has 3 rings (SSSR count). The molecule has 1 heterocycles. The van der Waals surface area contributed by atoms with E-state index in [1.54, 1.807) is 6.92 Å². The summed E-state index contributed by atoms with van der Waals surface area (Å²) in [5.74, 6) is -0.385. The second-order valence-corrected chi connectivity index (χ2v) is 7.14. The highest BCUT2D eigenvalue weighted by Crippen LogP contribution is 2.36. The highest BCUT2D eigenvalue weighted by atomic mass is 19.4. The molecule has 156 valence electrons. The number of nitrogens with zero attached hydrogens (tertiary/aromatic N) is 3. The maximum Gasteiger partial charge on any atom is 0.416 e. The molecular formula is C19H22F3N5O2. The molecule has 7 nitrogen and oxygen atoms in total. The molecule has 1 aromatic heterocycles. The zero-order chi connectivity index (χ0) is 21.2. The van der Waals surface area contributed by atoms with E-state index in [0.717, 1.165) is 37.8 Å². The summed E-state index contributed by atoms with van der Waals surface area (Å²) in [4.78, 5) is 15.7. The van der Waals surface area contributed by atoms with Crippen LogP contribution in [0.3, 0.4) is 0 Å². The highest BCUT2D eigenvalue weighted by molar-refractivity contribution is 5.73. The van der Waals surface area contributed by atoms with Crippen LogP contribution in [0.1, 0.15) is 43.9 Å². The van der Waals surface area contributed by atoms with Crippen molar-refractivity contribution in [3.63, 3.8) is 0 Å². The number of halogens is 3. The number of carbonyl (C=O) groups excluding carboxylic acids is 1. The van der Waals surface area contributed by atoms with Gasteiger partial charge >= 0.3 is 6.18 Å². The molecule has 3 N–H and O–H groups in total. The third-order valence-corrected chi connectivity index (χ3v) is 4.91. The molecule has 2 aromatic rings. The van der Waals surface area contributed by atoms with Crippen LogP contribution in [0.5, 0.6) is 5.75 Å². The van der Waals surface area contributed by atoms with Crippen LogP contribution in [0, 0.1) is 6.92 Å². The number of rotatable bonds is 4. The Labute approximate surface area is 165 Å². The fourth-order valence-electron chi connectivity index (χ4n) is 3.53. The molecule has 1 fully saturated rings. The average molecular weight is 409 g/mol. The Morgan fingerprint density at radius 3 is 2.45 bits per heavy atom. The predicted octanol–water partition coefficient (Wildman–Crippen LogP) is 3.43. The van der Waals surface area contributed by atoms with E-state index >= 15 is 0 Å². The van der Waals surface area contributed by atoms with E-state index < -0.39 is 17.5 Å². The topological polar surface area (TPSA) is 100 Å². The summed E-state index contributed by atoms with van der Waals surface area (Å²) in [7, 11) is 0. The second-order valence-electron chi connectivity index (χ2n) is 7.14. The van der Waals surface area contributed by atoms with E-state index in [-0.39, 0.29) is 35.2 Å². The van der Waals surface area contributed by atoms with Crippen molar-refractivity contribution in [2.45, 2.75) is 57.8 Å². The molecule has 29 heavy (non-hydrogen) atoms. The number of hydrogen-bond acceptors (Lipinski definition) is 6. The molecule has 2 atom stereocenters. The van der Waals surface area contributed by atoms with Crippen LogP contribution in [0.15, 0.2) is 18.2 Å². The summed E-state index contributed by atoms with van der Waals surface area (Å²) < 4.78 is 38.3. The number of alkyl halides is 3. The number of aryl methyl sites for hydroxylation is 1. The van der Waals surface area contributed by atoms with Crippen LogP contribution in [0.4, 0.5) is 19.1 Å². The maximum absolute atomic E-state index is 12.8. The van der Waals surface area contributed by atoms with Crippen LogP contribution in [0.2, 0.25) is 0 Å². The van der Waals surface area contributed by atoms with Crippen molar-refractivity contribution < 1.29 is 23.1 Å². The van der Waals surface area contributed by atoms with Crippen LogP contribution in [-0.4, -0.2) is 38.3 Å². The van der Waals surface area contributed by atoms with E-state index in [1.165, 1.54) is 6.92 Å². The monoisotopic (exact) mass is 409 g/mol. The first-order valence-electron chi connectivity index (χ1n) is 9.30. The van der Waals surface area contributed by atoms with Crippen molar-refractivity contribution in [1.82, 2.24) is 20.5 Å². The maximum atomic E-state index is 12.8. The Hall–Kier alpha value is -2.91. The molecule has 1 aliphatic rings. The molecule has 0 spiro atoms. The van der Waals surface area contributed by atoms with Gasteiger partial charge in [0.2, 0.25) is 11.9 Å². The first kappa shape index (κ1) is 20.8. The molecule has 1 aliphatic carbocycles. The molecule has 1 saturated carbocycles. The smallest absolute Gasteiger partial charge is 0.416 e. The standard InChI is InChI=1S/C19H22F3N5O2/c1-10-17(13-8-7-12(9-16(13)29)19(20,21)22)26-27-18(23-10)25-15-6-4-3-5-14(15)24-11(2)28/h7-9,14-15,29H,3-6H2,1-2H3,(H,24,28)(H,23,25,27)/t14-,15-/m1/s1. The summed E-state index contributed by atoms with van der Waals surface area (Å²) >= 11 is 0. The van der Waals surface area contributed by atoms with Gasteiger partial charge in [-0.2, -0.15) is 13.2 Å². The van der Waals surface area contributed by atoms with Gasteiger partial charge in [0.15, 0.2) is 0 Å². The fraction of sp³-hybridized carbons (Fsp3) is 0.474. The minimum atomic E-state index is -4.55. The van der Waals surface area contributed by atoms with Gasteiger partial charge in [-0.15, -0.1) is 10.2 Å². The number of hydrogen-bond donors (Lipinski definition) is 3. The average Bonchev–Trinajstić information content (AvgIpc) is 2.63. The van der Waals surface area contributed by atoms with Crippen LogP contribution in [0.25, 0.3) is 11.3 Å². The van der Waals surface area contributed by atoms with E-state index in [4.69, 9.17) is 0 Å². The molecule has 0 unspecified atom stereocenters. The van der Waals surface area contributed by atoms with Gasteiger partial charge in [0.1, 0.15) is 11.4 Å². The van der Waals surface area contributed by atoms with Crippen molar-refractivity contribution in [1.29, 1.82) is 0 Å². The molecule has 0 aliphatic heterocycles. The molecule has 0 saturated heterocycles. The van der Waals surface area contributed by atoms with Gasteiger partial charge in [-0.1, -0.05) is 12.8 Å². The van der Waals surface area contributed by atoms with Gasteiger partial charge in [0.05, 0.1) is 11.3 Å². The van der Waals surface area contributed by atoms with Gasteiger partial charge < -0.3 is 15.7 Å². The molecular weight excluding hydrogens is 387 g/mol. The Balaban J connectivity index is 1.81. The second kappa shape index (κ2) is 8.22. The zero-order valence-corrected chi connectivity index (χ0v) is 16.0. The third kappa shape index (κ3) is 4.93. The molecule has 1 aromatic carbocycles. The summed E-state index contributed by atoms with van der Waals surface area (Å²) in [6.07, 6.45) is -0.825. The van der Waals surface area contributed by atoms with Crippen molar-refractivity contribution in [3.05, 3.63) is 29.5 Å². The lowest BCUT2D eigenvalue weighted by molar-refractivity contribution is -0.137. The number of anilines is 1. The SMILES string of the molecule is CC(=O)N[C@@H]1CCCC[C@H]1Nc1nnc(-c2ccc(C(F)(F)F)cc2O)c(C)n1. The number of phenolic OH excluding ortho intramolecular Hbond substituents is 1. The summed E-state index contributed by atoms with van der Waals surface area (Å²) in [5, 5.41) is 24.2. The van der Waals surface area contributed by atoms with Gasteiger partial charge in [-0.05, 0) is 38.0 Å². The van der Waals surface area contributed by atoms with E-state index in [0.29, 0.717) is 11.8 Å². The largest absolute Gasteiger partial charge is 0.507 e. The number of amides is 1. The molecule has 10 heteroatoms. The zero-order valence-electron chi connectivity index (χ0n) is 16.0. The Bertz CT molecular complexity index is 904. The van der Waals surface area contributed by atoms with Gasteiger partial charge in [-0.25, -0.2) is 4.98 Å². The Morgan fingerprint density at radius 2 is 1.86 bits per heavy atom. The lowest BCUT2D eigenvalue weighted by Gasteiger charge is -2.32. The first-order valence-corrected chi connectivity index (χ1v) is 9.30. The number of phenols is 1. The quantitative estimate of drug-likeness (QED) is 0.716. The first-order chi connectivity index (χ1) is 13.6. The minimum Gasteiger partial charge on any atom is -0.507 e. The number of benzene rings is 1. The number of nitrogens with one attached hydrogen (secondary N) is 2. The Morgan fingerprint density at radius 1 is 1.17 bits per heavy atom. The lowest BCUT2D eigenvalue weighted by atomic mass is 9.90. The van der Waals surface area contributed by atoms with E-state index in [2.05, 4.69) is 25.8 Å². The third-order valence-electron chi connectivity index (χ3n) is 4.91.